The van der Waals surface area contributed by atoms with Gasteiger partial charge in [-0.25, -0.2) is 0 Å². The molecule has 2 aromatic rings. The van der Waals surface area contributed by atoms with Crippen LogP contribution in [0.4, 0.5) is 5.69 Å². The van der Waals surface area contributed by atoms with Crippen LogP contribution in [0.25, 0.3) is 11.1 Å². The van der Waals surface area contributed by atoms with E-state index in [0.717, 1.165) is 11.1 Å². The summed E-state index contributed by atoms with van der Waals surface area (Å²) >= 11 is 5.77. The first-order valence-electron chi connectivity index (χ1n) is 4.67. The van der Waals surface area contributed by atoms with E-state index in [-0.39, 0.29) is 5.69 Å². The molecule has 0 aliphatic heterocycles. The molecule has 0 heterocycles. The number of hydrogen-bond acceptors (Lipinski definition) is 2. The second-order valence-corrected chi connectivity index (χ2v) is 3.75. The standard InChI is InChI=1S/C12H8ClNO2/c13-11-6-4-9(5-7-11)10-2-1-3-12(8-10)14(15)16/h1-8H. The minimum atomic E-state index is -0.403. The lowest BCUT2D eigenvalue weighted by Crippen LogP contribution is -1.87. The van der Waals surface area contributed by atoms with Crippen LogP contribution in [0.3, 0.4) is 0 Å². The van der Waals surface area contributed by atoms with E-state index < -0.39 is 4.92 Å². The molecule has 0 aliphatic carbocycles. The van der Waals surface area contributed by atoms with Crippen LogP contribution in [0.2, 0.25) is 5.02 Å². The molecule has 4 heteroatoms. The van der Waals surface area contributed by atoms with Crippen LogP contribution in [0.15, 0.2) is 48.5 Å². The van der Waals surface area contributed by atoms with Crippen molar-refractivity contribution in [2.24, 2.45) is 0 Å². The summed E-state index contributed by atoms with van der Waals surface area (Å²) in [4.78, 5) is 10.2. The van der Waals surface area contributed by atoms with Crippen molar-refractivity contribution in [3.05, 3.63) is 63.7 Å². The van der Waals surface area contributed by atoms with Gasteiger partial charge in [-0.1, -0.05) is 35.9 Å². The minimum Gasteiger partial charge on any atom is -0.258 e. The smallest absolute Gasteiger partial charge is 0.258 e. The highest BCUT2D eigenvalue weighted by Crippen LogP contribution is 2.24. The van der Waals surface area contributed by atoms with E-state index in [1.807, 2.05) is 18.2 Å². The van der Waals surface area contributed by atoms with Gasteiger partial charge in [0.1, 0.15) is 0 Å². The molecule has 2 rings (SSSR count). The normalized spacial score (nSPS) is 10.1. The number of nitro groups is 1. The van der Waals surface area contributed by atoms with Gasteiger partial charge in [0.2, 0.25) is 0 Å². The second kappa shape index (κ2) is 4.33. The van der Waals surface area contributed by atoms with Gasteiger partial charge >= 0.3 is 0 Å². The van der Waals surface area contributed by atoms with E-state index >= 15 is 0 Å². The Labute approximate surface area is 97.4 Å². The number of nitrogens with zero attached hydrogens (tertiary/aromatic N) is 1. The first-order valence-corrected chi connectivity index (χ1v) is 5.05. The lowest BCUT2D eigenvalue weighted by Gasteiger charge is -2.01. The lowest BCUT2D eigenvalue weighted by atomic mass is 10.1. The predicted octanol–water partition coefficient (Wildman–Crippen LogP) is 3.92. The fraction of sp³-hybridized carbons (Fsp3) is 0. The molecule has 0 aliphatic rings. The zero-order chi connectivity index (χ0) is 11.5. The van der Waals surface area contributed by atoms with E-state index in [0.29, 0.717) is 5.02 Å². The first-order chi connectivity index (χ1) is 7.66. The summed E-state index contributed by atoms with van der Waals surface area (Å²) in [6.07, 6.45) is 0. The fourth-order valence-electron chi connectivity index (χ4n) is 1.44. The maximum atomic E-state index is 10.6. The van der Waals surface area contributed by atoms with Crippen LogP contribution in [-0.2, 0) is 0 Å². The molecule has 0 spiro atoms. The Kier molecular flexibility index (Phi) is 2.88. The van der Waals surface area contributed by atoms with Gasteiger partial charge in [-0.15, -0.1) is 0 Å². The molecule has 0 atom stereocenters. The molecule has 3 nitrogen and oxygen atoms in total. The quantitative estimate of drug-likeness (QED) is 0.583. The number of non-ortho nitro benzene ring substituents is 1. The monoisotopic (exact) mass is 233 g/mol. The topological polar surface area (TPSA) is 43.1 Å². The van der Waals surface area contributed by atoms with Gasteiger partial charge in [-0.05, 0) is 23.3 Å². The number of rotatable bonds is 2. The molecule has 0 radical (unpaired) electrons. The Hall–Kier alpha value is -1.87. The van der Waals surface area contributed by atoms with Crippen LogP contribution in [-0.4, -0.2) is 4.92 Å². The van der Waals surface area contributed by atoms with E-state index in [1.54, 1.807) is 24.3 Å². The zero-order valence-electron chi connectivity index (χ0n) is 8.26. The molecule has 0 saturated carbocycles. The number of hydrogen-bond donors (Lipinski definition) is 0. The maximum Gasteiger partial charge on any atom is 0.270 e. The van der Waals surface area contributed by atoms with Gasteiger partial charge in [0.25, 0.3) is 5.69 Å². The highest BCUT2D eigenvalue weighted by molar-refractivity contribution is 6.30. The number of halogens is 1. The summed E-state index contributed by atoms with van der Waals surface area (Å²) in [5, 5.41) is 11.3. The molecular weight excluding hydrogens is 226 g/mol. The summed E-state index contributed by atoms with van der Waals surface area (Å²) in [5.41, 5.74) is 1.81. The first kappa shape index (κ1) is 10.6. The van der Waals surface area contributed by atoms with Crippen molar-refractivity contribution in [3.63, 3.8) is 0 Å². The zero-order valence-corrected chi connectivity index (χ0v) is 9.02. The molecular formula is C12H8ClNO2. The third kappa shape index (κ3) is 2.20. The van der Waals surface area contributed by atoms with Crippen LogP contribution in [0, 0.1) is 10.1 Å². The molecule has 0 amide bonds. The van der Waals surface area contributed by atoms with Crippen LogP contribution in [0.1, 0.15) is 0 Å². The average molecular weight is 234 g/mol. The van der Waals surface area contributed by atoms with Crippen molar-refractivity contribution in [2.45, 2.75) is 0 Å². The van der Waals surface area contributed by atoms with E-state index in [2.05, 4.69) is 0 Å². The summed E-state index contributed by atoms with van der Waals surface area (Å²) in [6.45, 7) is 0. The fourth-order valence-corrected chi connectivity index (χ4v) is 1.57. The van der Waals surface area contributed by atoms with Crippen LogP contribution >= 0.6 is 11.6 Å². The Balaban J connectivity index is 2.44. The maximum absolute atomic E-state index is 10.6. The summed E-state index contributed by atoms with van der Waals surface area (Å²) in [5.74, 6) is 0. The molecule has 2 aromatic carbocycles. The van der Waals surface area contributed by atoms with E-state index in [9.17, 15) is 10.1 Å². The lowest BCUT2D eigenvalue weighted by molar-refractivity contribution is -0.384. The van der Waals surface area contributed by atoms with Gasteiger partial charge < -0.3 is 0 Å². The highest BCUT2D eigenvalue weighted by atomic mass is 35.5. The average Bonchev–Trinajstić information content (AvgIpc) is 2.30. The molecule has 16 heavy (non-hydrogen) atoms. The largest absolute Gasteiger partial charge is 0.270 e. The van der Waals surface area contributed by atoms with Crippen molar-refractivity contribution >= 4 is 17.3 Å². The van der Waals surface area contributed by atoms with Gasteiger partial charge in [0.05, 0.1) is 4.92 Å². The molecule has 80 valence electrons. The van der Waals surface area contributed by atoms with E-state index in [1.165, 1.54) is 6.07 Å². The summed E-state index contributed by atoms with van der Waals surface area (Å²) in [6, 6.07) is 13.7. The Bertz CT molecular complexity index is 523. The van der Waals surface area contributed by atoms with Crippen molar-refractivity contribution < 1.29 is 4.92 Å². The van der Waals surface area contributed by atoms with Crippen molar-refractivity contribution in [3.8, 4) is 11.1 Å². The Morgan fingerprint density at radius 2 is 1.69 bits per heavy atom. The second-order valence-electron chi connectivity index (χ2n) is 3.31. The van der Waals surface area contributed by atoms with Gasteiger partial charge in [-0.2, -0.15) is 0 Å². The molecule has 0 unspecified atom stereocenters. The molecule has 0 bridgehead atoms. The van der Waals surface area contributed by atoms with Crippen molar-refractivity contribution in [1.29, 1.82) is 0 Å². The molecule has 0 N–H and O–H groups in total. The van der Waals surface area contributed by atoms with Crippen LogP contribution < -0.4 is 0 Å². The van der Waals surface area contributed by atoms with Crippen molar-refractivity contribution in [2.75, 3.05) is 0 Å². The van der Waals surface area contributed by atoms with Gasteiger partial charge in [0, 0.05) is 17.2 Å². The van der Waals surface area contributed by atoms with Gasteiger partial charge in [-0.3, -0.25) is 10.1 Å². The Morgan fingerprint density at radius 1 is 1.00 bits per heavy atom. The summed E-state index contributed by atoms with van der Waals surface area (Å²) < 4.78 is 0. The third-order valence-electron chi connectivity index (χ3n) is 2.23. The van der Waals surface area contributed by atoms with E-state index in [4.69, 9.17) is 11.6 Å². The van der Waals surface area contributed by atoms with Gasteiger partial charge in [0.15, 0.2) is 0 Å². The SMILES string of the molecule is O=[N+]([O-])c1cccc(-c2ccc(Cl)cc2)c1. The molecule has 0 fully saturated rings. The minimum absolute atomic E-state index is 0.0902. The number of benzene rings is 2. The van der Waals surface area contributed by atoms with Crippen molar-refractivity contribution in [1.82, 2.24) is 0 Å². The highest BCUT2D eigenvalue weighted by Gasteiger charge is 2.06. The molecule has 0 saturated heterocycles. The predicted molar refractivity (Wildman–Crippen MR) is 63.5 cm³/mol. The molecule has 0 aromatic heterocycles. The summed E-state index contributed by atoms with van der Waals surface area (Å²) in [7, 11) is 0. The van der Waals surface area contributed by atoms with Crippen LogP contribution in [0.5, 0.6) is 0 Å². The Morgan fingerprint density at radius 3 is 2.31 bits per heavy atom. The third-order valence-corrected chi connectivity index (χ3v) is 2.49. The number of nitro benzene ring substituents is 1.